The molecule has 0 bridgehead atoms. The number of hydrogen-bond donors (Lipinski definition) is 0. The lowest BCUT2D eigenvalue weighted by Crippen LogP contribution is -2.32. The number of thiophene rings is 1. The second-order valence-corrected chi connectivity index (χ2v) is 15.2. The molecular formula is C37H38NOS+. The van der Waals surface area contributed by atoms with Gasteiger partial charge in [0.05, 0.1) is 10.9 Å². The van der Waals surface area contributed by atoms with E-state index in [1.807, 2.05) is 11.3 Å². The molecule has 3 heterocycles. The van der Waals surface area contributed by atoms with Gasteiger partial charge >= 0.3 is 0 Å². The van der Waals surface area contributed by atoms with E-state index in [0.29, 0.717) is 0 Å². The number of nitrogens with zero attached hydrogens (tertiary/aromatic N) is 1. The predicted octanol–water partition coefficient (Wildman–Crippen LogP) is 10.4. The molecule has 0 fully saturated rings. The van der Waals surface area contributed by atoms with E-state index in [1.165, 1.54) is 69.7 Å². The van der Waals surface area contributed by atoms with E-state index in [4.69, 9.17) is 4.74 Å². The highest BCUT2D eigenvalue weighted by molar-refractivity contribution is 7.26. The summed E-state index contributed by atoms with van der Waals surface area (Å²) in [6.45, 7) is 16.2. The van der Waals surface area contributed by atoms with Crippen LogP contribution in [0.5, 0.6) is 11.5 Å². The summed E-state index contributed by atoms with van der Waals surface area (Å²) in [4.78, 5) is 0. The van der Waals surface area contributed by atoms with Gasteiger partial charge in [0.2, 0.25) is 5.69 Å². The quantitative estimate of drug-likeness (QED) is 0.156. The summed E-state index contributed by atoms with van der Waals surface area (Å²) < 4.78 is 12.2. The molecular weight excluding hydrogens is 506 g/mol. The van der Waals surface area contributed by atoms with E-state index >= 15 is 0 Å². The fourth-order valence-electron chi connectivity index (χ4n) is 6.78. The van der Waals surface area contributed by atoms with Crippen molar-refractivity contribution < 1.29 is 9.30 Å². The van der Waals surface area contributed by atoms with Crippen molar-refractivity contribution in [3.8, 4) is 22.8 Å². The van der Waals surface area contributed by atoms with Crippen molar-refractivity contribution in [2.24, 2.45) is 17.9 Å². The number of aryl methyl sites for hydroxylation is 2. The highest BCUT2D eigenvalue weighted by Crippen LogP contribution is 2.55. The van der Waals surface area contributed by atoms with Gasteiger partial charge in [0.15, 0.2) is 6.20 Å². The smallest absolute Gasteiger partial charge is 0.228 e. The molecule has 2 nitrogen and oxygen atoms in total. The zero-order valence-electron chi connectivity index (χ0n) is 25.0. The van der Waals surface area contributed by atoms with Gasteiger partial charge in [-0.05, 0) is 64.6 Å². The first-order valence-corrected chi connectivity index (χ1v) is 15.2. The molecule has 0 N–H and O–H groups in total. The minimum absolute atomic E-state index is 0.113. The average Bonchev–Trinajstić information content (AvgIpc) is 3.26. The lowest BCUT2D eigenvalue weighted by atomic mass is 9.82. The average molecular weight is 545 g/mol. The van der Waals surface area contributed by atoms with Crippen molar-refractivity contribution in [3.05, 3.63) is 77.5 Å². The molecule has 202 valence electrons. The molecule has 0 spiro atoms. The molecule has 40 heavy (non-hydrogen) atoms. The van der Waals surface area contributed by atoms with Crippen LogP contribution in [0.25, 0.3) is 53.0 Å². The first-order valence-electron chi connectivity index (χ1n) is 14.4. The third-order valence-corrected chi connectivity index (χ3v) is 9.56. The zero-order chi connectivity index (χ0) is 28.1. The summed E-state index contributed by atoms with van der Waals surface area (Å²) in [5.74, 6) is 2.02. The van der Waals surface area contributed by atoms with Crippen molar-refractivity contribution >= 4 is 53.1 Å². The van der Waals surface area contributed by atoms with Crippen molar-refractivity contribution in [1.29, 1.82) is 0 Å². The summed E-state index contributed by atoms with van der Waals surface area (Å²) in [7, 11) is 2.18. The number of hydrogen-bond acceptors (Lipinski definition) is 2. The fraction of sp³-hybridized carbons (Fsp3) is 0.324. The topological polar surface area (TPSA) is 13.1 Å². The van der Waals surface area contributed by atoms with Gasteiger partial charge in [0, 0.05) is 37.2 Å². The summed E-state index contributed by atoms with van der Waals surface area (Å²) in [5.41, 5.74) is 6.90. The molecule has 0 saturated heterocycles. The maximum Gasteiger partial charge on any atom is 0.228 e. The van der Waals surface area contributed by atoms with Gasteiger partial charge in [-0.3, -0.25) is 0 Å². The lowest BCUT2D eigenvalue weighted by Gasteiger charge is -2.27. The minimum Gasteiger partial charge on any atom is -0.455 e. The van der Waals surface area contributed by atoms with Gasteiger partial charge in [0.1, 0.15) is 18.5 Å². The highest BCUT2D eigenvalue weighted by atomic mass is 32.1. The maximum atomic E-state index is 7.13. The number of benzene rings is 4. The van der Waals surface area contributed by atoms with E-state index in [0.717, 1.165) is 24.3 Å². The van der Waals surface area contributed by atoms with Gasteiger partial charge in [-0.25, -0.2) is 4.57 Å². The lowest BCUT2D eigenvalue weighted by molar-refractivity contribution is -0.659. The Morgan fingerprint density at radius 2 is 1.55 bits per heavy atom. The van der Waals surface area contributed by atoms with E-state index in [1.54, 1.807) is 0 Å². The minimum atomic E-state index is 0.113. The number of rotatable bonds is 2. The molecule has 0 amide bonds. The highest BCUT2D eigenvalue weighted by Gasteiger charge is 2.35. The second kappa shape index (κ2) is 8.54. The Hall–Kier alpha value is -3.43. The second-order valence-electron chi connectivity index (χ2n) is 14.2. The van der Waals surface area contributed by atoms with Crippen molar-refractivity contribution in [3.63, 3.8) is 0 Å². The molecule has 7 rings (SSSR count). The largest absolute Gasteiger partial charge is 0.455 e. The van der Waals surface area contributed by atoms with E-state index < -0.39 is 0 Å². The molecule has 2 aromatic heterocycles. The number of ether oxygens (including phenoxy) is 1. The number of aromatic nitrogens is 1. The molecule has 0 atom stereocenters. The van der Waals surface area contributed by atoms with Crippen LogP contribution in [-0.4, -0.2) is 0 Å². The number of pyridine rings is 1. The van der Waals surface area contributed by atoms with Crippen LogP contribution in [0.2, 0.25) is 0 Å². The Balaban J connectivity index is 1.60. The van der Waals surface area contributed by atoms with Crippen LogP contribution in [0, 0.1) is 17.8 Å². The van der Waals surface area contributed by atoms with Gasteiger partial charge in [-0.1, -0.05) is 77.9 Å². The van der Waals surface area contributed by atoms with Gasteiger partial charge in [0.25, 0.3) is 0 Å². The zero-order valence-corrected chi connectivity index (χ0v) is 25.8. The third kappa shape index (κ3) is 3.93. The Morgan fingerprint density at radius 1 is 0.800 bits per heavy atom. The van der Waals surface area contributed by atoms with Gasteiger partial charge in [-0.15, -0.1) is 11.3 Å². The first-order chi connectivity index (χ1) is 18.9. The molecule has 0 aliphatic carbocycles. The van der Waals surface area contributed by atoms with Crippen LogP contribution in [0.3, 0.4) is 0 Å². The normalized spacial score (nSPS) is 13.4. The predicted molar refractivity (Wildman–Crippen MR) is 172 cm³/mol. The number of fused-ring (bicyclic) bond motifs is 7. The van der Waals surface area contributed by atoms with Crippen molar-refractivity contribution in [1.82, 2.24) is 0 Å². The van der Waals surface area contributed by atoms with Crippen molar-refractivity contribution in [2.45, 2.75) is 61.3 Å². The third-order valence-electron chi connectivity index (χ3n) is 8.27. The van der Waals surface area contributed by atoms with Gasteiger partial charge in [-0.2, -0.15) is 0 Å². The van der Waals surface area contributed by atoms with Crippen molar-refractivity contribution in [2.75, 3.05) is 0 Å². The Morgan fingerprint density at radius 3 is 2.30 bits per heavy atom. The molecule has 6 aromatic rings. The SMILES string of the molecule is Cc1c2c(c(CC(C)(C)C)c3c1sc1ccccc13)Oc1cc3cc(CC(C)(C)C)ccc3c3cc[n+](C)c-2c13. The van der Waals surface area contributed by atoms with E-state index in [-0.39, 0.29) is 10.8 Å². The van der Waals surface area contributed by atoms with Crippen LogP contribution in [0.1, 0.15) is 58.2 Å². The molecule has 0 unspecified atom stereocenters. The van der Waals surface area contributed by atoms with E-state index in [9.17, 15) is 0 Å². The standard InChI is InChI=1S/C37H38NOS/c1-21-30-33-32-25(15-16-38(33)8)24-14-13-22(19-36(2,3)4)17-23(24)18-28(32)39-34(30)27(20-37(5,6)7)31-26-11-9-10-12-29(26)40-35(21)31/h9-18H,19-20H2,1-8H3/q+1. The van der Waals surface area contributed by atoms with E-state index in [2.05, 4.69) is 121 Å². The van der Waals surface area contributed by atoms with Gasteiger partial charge < -0.3 is 4.74 Å². The Bertz CT molecular complexity index is 2010. The summed E-state index contributed by atoms with van der Waals surface area (Å²) in [6.07, 6.45) is 4.23. The summed E-state index contributed by atoms with van der Waals surface area (Å²) in [5, 5.41) is 7.75. The van der Waals surface area contributed by atoms with Crippen LogP contribution >= 0.6 is 11.3 Å². The Labute approximate surface area is 241 Å². The first kappa shape index (κ1) is 25.5. The molecule has 0 saturated carbocycles. The summed E-state index contributed by atoms with van der Waals surface area (Å²) in [6, 6.07) is 20.4. The monoisotopic (exact) mass is 544 g/mol. The summed E-state index contributed by atoms with van der Waals surface area (Å²) >= 11 is 1.92. The Kier molecular flexibility index (Phi) is 5.45. The molecule has 3 heteroatoms. The van der Waals surface area contributed by atoms with Crippen LogP contribution in [-0.2, 0) is 19.9 Å². The van der Waals surface area contributed by atoms with Crippen LogP contribution < -0.4 is 9.30 Å². The van der Waals surface area contributed by atoms with Crippen LogP contribution in [0.4, 0.5) is 0 Å². The fourth-order valence-corrected chi connectivity index (χ4v) is 8.02. The maximum absolute atomic E-state index is 7.13. The molecule has 4 aromatic carbocycles. The van der Waals surface area contributed by atoms with Crippen LogP contribution in [0.15, 0.2) is 60.8 Å². The molecule has 1 aliphatic heterocycles. The molecule has 1 aliphatic rings. The molecule has 0 radical (unpaired) electrons.